The van der Waals surface area contributed by atoms with Crippen molar-refractivity contribution in [1.29, 1.82) is 0 Å². The van der Waals surface area contributed by atoms with Crippen LogP contribution in [0.25, 0.3) is 16.9 Å². The molecule has 1 atom stereocenters. The summed E-state index contributed by atoms with van der Waals surface area (Å²) >= 11 is 6.48. The molecular weight excluding hydrogens is 513 g/mol. The number of nitrogens with zero attached hydrogens (tertiary/aromatic N) is 4. The van der Waals surface area contributed by atoms with Crippen molar-refractivity contribution in [2.75, 3.05) is 25.0 Å². The molecule has 1 aliphatic heterocycles. The van der Waals surface area contributed by atoms with Gasteiger partial charge in [-0.2, -0.15) is 9.61 Å². The van der Waals surface area contributed by atoms with Crippen LogP contribution >= 0.6 is 11.6 Å². The highest BCUT2D eigenvalue weighted by Crippen LogP contribution is 2.28. The van der Waals surface area contributed by atoms with Crippen LogP contribution in [0.2, 0.25) is 5.02 Å². The monoisotopic (exact) mass is 541 g/mol. The standard InChI is InChI=1S/C33H29BClN5/c34-29-21-37-40-32(19-31(38-33(29)40)28-10-4-5-11-30(28)35)36-20-27-9-6-18-39(23-27)22-26-16-14-25(15-17-26)13-12-24-7-2-1-3-8-24/h1-5,7-8,10-11,14-17,19,21,27,36H,6,9,18,20,22-23H2. The van der Waals surface area contributed by atoms with Gasteiger partial charge in [-0.25, -0.2) is 4.98 Å². The van der Waals surface area contributed by atoms with Crippen molar-refractivity contribution in [3.8, 4) is 23.1 Å². The van der Waals surface area contributed by atoms with E-state index < -0.39 is 0 Å². The van der Waals surface area contributed by atoms with Crippen LogP contribution in [0.15, 0.2) is 91.1 Å². The second-order valence-corrected chi connectivity index (χ2v) is 10.7. The predicted molar refractivity (Wildman–Crippen MR) is 164 cm³/mol. The Balaban J connectivity index is 1.11. The Morgan fingerprint density at radius 1 is 0.950 bits per heavy atom. The third kappa shape index (κ3) is 6.07. The molecule has 0 spiro atoms. The molecule has 5 aromatic rings. The van der Waals surface area contributed by atoms with E-state index in [0.29, 0.717) is 22.1 Å². The lowest BCUT2D eigenvalue weighted by Crippen LogP contribution is -2.37. The molecular formula is C33H29BClN5. The summed E-state index contributed by atoms with van der Waals surface area (Å²) in [7, 11) is 6.19. The number of hydrogen-bond acceptors (Lipinski definition) is 4. The second kappa shape index (κ2) is 12.0. The SMILES string of the molecule is [B]c1cnn2c(NCC3CCCN(Cc4ccc(C#Cc5ccccc5)cc4)C3)cc(-c3ccccc3Cl)nc12. The first-order chi connectivity index (χ1) is 19.6. The molecule has 2 aromatic heterocycles. The van der Waals surface area contributed by atoms with Gasteiger partial charge in [0.15, 0.2) is 5.65 Å². The van der Waals surface area contributed by atoms with Gasteiger partial charge in [0.25, 0.3) is 0 Å². The van der Waals surface area contributed by atoms with Gasteiger partial charge in [-0.1, -0.05) is 72.0 Å². The molecule has 1 N–H and O–H groups in total. The van der Waals surface area contributed by atoms with Crippen molar-refractivity contribution in [2.45, 2.75) is 19.4 Å². The van der Waals surface area contributed by atoms with Gasteiger partial charge in [0.1, 0.15) is 13.7 Å². The molecule has 1 fully saturated rings. The zero-order valence-electron chi connectivity index (χ0n) is 22.2. The van der Waals surface area contributed by atoms with Crippen molar-refractivity contribution in [3.63, 3.8) is 0 Å². The van der Waals surface area contributed by atoms with Gasteiger partial charge in [-0.05, 0) is 66.7 Å². The molecule has 6 rings (SSSR count). The Labute approximate surface area is 241 Å². The number of piperidine rings is 1. The number of nitrogens with one attached hydrogen (secondary N) is 1. The van der Waals surface area contributed by atoms with Crippen LogP contribution in [0.4, 0.5) is 5.82 Å². The van der Waals surface area contributed by atoms with Crippen molar-refractivity contribution < 1.29 is 0 Å². The number of hydrogen-bond donors (Lipinski definition) is 1. The summed E-state index contributed by atoms with van der Waals surface area (Å²) in [6.45, 7) is 3.92. The highest BCUT2D eigenvalue weighted by molar-refractivity contribution is 6.36. The maximum atomic E-state index is 6.48. The fourth-order valence-electron chi connectivity index (χ4n) is 5.24. The molecule has 3 heterocycles. The topological polar surface area (TPSA) is 45.5 Å². The van der Waals surface area contributed by atoms with E-state index in [1.807, 2.05) is 60.7 Å². The molecule has 40 heavy (non-hydrogen) atoms. The van der Waals surface area contributed by atoms with E-state index in [0.717, 1.165) is 54.4 Å². The number of likely N-dealkylation sites (tertiary alicyclic amines) is 1. The summed E-state index contributed by atoms with van der Waals surface area (Å²) in [5.41, 5.74) is 6.19. The first kappa shape index (κ1) is 26.2. The number of anilines is 1. The molecule has 0 aliphatic carbocycles. The van der Waals surface area contributed by atoms with E-state index in [1.54, 1.807) is 10.7 Å². The summed E-state index contributed by atoms with van der Waals surface area (Å²) in [4.78, 5) is 7.29. The number of fused-ring (bicyclic) bond motifs is 1. The molecule has 0 saturated carbocycles. The van der Waals surface area contributed by atoms with Crippen molar-refractivity contribution >= 4 is 36.4 Å². The van der Waals surface area contributed by atoms with Gasteiger partial charge in [0.2, 0.25) is 0 Å². The maximum absolute atomic E-state index is 6.48. The lowest BCUT2D eigenvalue weighted by Gasteiger charge is -2.33. The van der Waals surface area contributed by atoms with Gasteiger partial charge >= 0.3 is 0 Å². The van der Waals surface area contributed by atoms with Gasteiger partial charge in [0.05, 0.1) is 5.69 Å². The molecule has 1 unspecified atom stereocenters. The van der Waals surface area contributed by atoms with E-state index in [9.17, 15) is 0 Å². The molecule has 1 aliphatic rings. The van der Waals surface area contributed by atoms with Crippen molar-refractivity contribution in [3.05, 3.63) is 113 Å². The van der Waals surface area contributed by atoms with Crippen LogP contribution in [0, 0.1) is 17.8 Å². The fourth-order valence-corrected chi connectivity index (χ4v) is 5.47. The maximum Gasteiger partial charge on any atom is 0.150 e. The summed E-state index contributed by atoms with van der Waals surface area (Å²) < 4.78 is 1.78. The van der Waals surface area contributed by atoms with Crippen LogP contribution in [-0.4, -0.2) is 47.0 Å². The number of rotatable bonds is 6. The zero-order chi connectivity index (χ0) is 27.3. The highest BCUT2D eigenvalue weighted by atomic mass is 35.5. The van der Waals surface area contributed by atoms with Gasteiger partial charge in [-0.3, -0.25) is 4.90 Å². The van der Waals surface area contributed by atoms with Crippen molar-refractivity contribution in [1.82, 2.24) is 19.5 Å². The van der Waals surface area contributed by atoms with Gasteiger partial charge in [-0.15, -0.1) is 0 Å². The molecule has 0 amide bonds. The quantitative estimate of drug-likeness (QED) is 0.226. The van der Waals surface area contributed by atoms with E-state index in [1.165, 1.54) is 18.4 Å². The first-order valence-corrected chi connectivity index (χ1v) is 14.0. The highest BCUT2D eigenvalue weighted by Gasteiger charge is 2.21. The largest absolute Gasteiger partial charge is 0.370 e. The van der Waals surface area contributed by atoms with Crippen LogP contribution in [0.3, 0.4) is 0 Å². The minimum atomic E-state index is 0.518. The second-order valence-electron chi connectivity index (χ2n) is 10.3. The average Bonchev–Trinajstić information content (AvgIpc) is 3.37. The summed E-state index contributed by atoms with van der Waals surface area (Å²) in [5, 5.41) is 8.76. The zero-order valence-corrected chi connectivity index (χ0v) is 23.0. The Kier molecular flexibility index (Phi) is 7.86. The third-order valence-electron chi connectivity index (χ3n) is 7.31. The van der Waals surface area contributed by atoms with Crippen LogP contribution < -0.4 is 10.8 Å². The molecule has 1 saturated heterocycles. The van der Waals surface area contributed by atoms with E-state index >= 15 is 0 Å². The minimum Gasteiger partial charge on any atom is -0.370 e. The van der Waals surface area contributed by atoms with Crippen LogP contribution in [0.5, 0.6) is 0 Å². The average molecular weight is 542 g/mol. The molecule has 5 nitrogen and oxygen atoms in total. The summed E-state index contributed by atoms with van der Waals surface area (Å²) in [6.07, 6.45) is 4.01. The number of aromatic nitrogens is 3. The van der Waals surface area contributed by atoms with Gasteiger partial charge in [0, 0.05) is 53.6 Å². The summed E-state index contributed by atoms with van der Waals surface area (Å²) in [6, 6.07) is 28.5. The normalized spacial score (nSPS) is 15.5. The summed E-state index contributed by atoms with van der Waals surface area (Å²) in [5.74, 6) is 7.88. The van der Waals surface area contributed by atoms with Crippen LogP contribution in [0.1, 0.15) is 29.5 Å². The Morgan fingerprint density at radius 3 is 2.50 bits per heavy atom. The van der Waals surface area contributed by atoms with Gasteiger partial charge < -0.3 is 5.32 Å². The van der Waals surface area contributed by atoms with Crippen molar-refractivity contribution in [2.24, 2.45) is 5.92 Å². The predicted octanol–water partition coefficient (Wildman–Crippen LogP) is 5.57. The fraction of sp³-hybridized carbons (Fsp3) is 0.212. The molecule has 196 valence electrons. The number of halogens is 1. The van der Waals surface area contributed by atoms with E-state index in [2.05, 4.69) is 51.4 Å². The lowest BCUT2D eigenvalue weighted by molar-refractivity contribution is 0.173. The van der Waals surface area contributed by atoms with E-state index in [4.69, 9.17) is 24.4 Å². The molecule has 7 heteroatoms. The Morgan fingerprint density at radius 2 is 1.70 bits per heavy atom. The van der Waals surface area contributed by atoms with E-state index in [-0.39, 0.29) is 0 Å². The third-order valence-corrected chi connectivity index (χ3v) is 7.64. The minimum absolute atomic E-state index is 0.518. The number of benzene rings is 3. The first-order valence-electron chi connectivity index (χ1n) is 13.6. The lowest BCUT2D eigenvalue weighted by atomic mass is 9.97. The smallest absolute Gasteiger partial charge is 0.150 e. The molecule has 2 radical (unpaired) electrons. The Hall–Kier alpha value is -4.05. The Bertz CT molecular complexity index is 1670. The molecule has 3 aromatic carbocycles. The molecule has 0 bridgehead atoms. The van der Waals surface area contributed by atoms with Crippen LogP contribution in [-0.2, 0) is 6.54 Å².